The van der Waals surface area contributed by atoms with E-state index < -0.39 is 10.0 Å². The fourth-order valence-electron chi connectivity index (χ4n) is 2.39. The van der Waals surface area contributed by atoms with Crippen molar-refractivity contribution in [2.45, 2.75) is 37.0 Å². The number of sulfonamides is 1. The van der Waals surface area contributed by atoms with Crippen molar-refractivity contribution in [2.75, 3.05) is 26.3 Å². The minimum atomic E-state index is -3.39. The fraction of sp³-hybridized carbons (Fsp3) is 0.600. The lowest BCUT2D eigenvalue weighted by atomic mass is 10.2. The first-order valence-corrected chi connectivity index (χ1v) is 8.92. The third-order valence-corrected chi connectivity index (χ3v) is 5.51. The van der Waals surface area contributed by atoms with Gasteiger partial charge in [0.05, 0.1) is 11.5 Å². The number of rotatable bonds is 6. The first kappa shape index (κ1) is 16.3. The number of aliphatic hydroxyl groups is 1. The molecule has 5 nitrogen and oxygen atoms in total. The molecule has 6 heteroatoms. The molecule has 0 bridgehead atoms. The van der Waals surface area contributed by atoms with Crippen LogP contribution in [0.3, 0.4) is 0 Å². The molecule has 0 radical (unpaired) electrons. The predicted molar refractivity (Wildman–Crippen MR) is 80.9 cm³/mol. The van der Waals surface area contributed by atoms with Crippen molar-refractivity contribution in [3.8, 4) is 5.75 Å². The molecule has 118 valence electrons. The molecule has 1 heterocycles. The summed E-state index contributed by atoms with van der Waals surface area (Å²) in [4.78, 5) is 0.318. The van der Waals surface area contributed by atoms with Crippen LogP contribution in [0.5, 0.6) is 5.75 Å². The number of aliphatic hydroxyl groups excluding tert-OH is 1. The van der Waals surface area contributed by atoms with Gasteiger partial charge in [0.1, 0.15) is 5.75 Å². The van der Waals surface area contributed by atoms with E-state index in [2.05, 4.69) is 0 Å². The molecule has 21 heavy (non-hydrogen) atoms. The van der Waals surface area contributed by atoms with E-state index in [0.29, 0.717) is 36.8 Å². The second-order valence-electron chi connectivity index (χ2n) is 5.22. The van der Waals surface area contributed by atoms with Crippen molar-refractivity contribution in [3.63, 3.8) is 0 Å². The van der Waals surface area contributed by atoms with E-state index in [1.165, 1.54) is 0 Å². The maximum atomic E-state index is 12.6. The van der Waals surface area contributed by atoms with E-state index in [4.69, 9.17) is 9.84 Å². The first-order valence-electron chi connectivity index (χ1n) is 7.48. The number of ether oxygens (including phenoxy) is 1. The molecule has 0 saturated carbocycles. The Morgan fingerprint density at radius 2 is 1.67 bits per heavy atom. The van der Waals surface area contributed by atoms with E-state index in [1.54, 1.807) is 28.6 Å². The summed E-state index contributed by atoms with van der Waals surface area (Å²) in [6.07, 6.45) is 4.63. The summed E-state index contributed by atoms with van der Waals surface area (Å²) in [6, 6.07) is 6.52. The SMILES string of the molecule is O=S(=O)(c1ccc(OCCCO)cc1)N1CCCCCC1. The van der Waals surface area contributed by atoms with E-state index in [9.17, 15) is 8.42 Å². The summed E-state index contributed by atoms with van der Waals surface area (Å²) in [7, 11) is -3.39. The predicted octanol–water partition coefficient (Wildman–Crippen LogP) is 2.01. The van der Waals surface area contributed by atoms with Gasteiger partial charge in [-0.15, -0.1) is 0 Å². The van der Waals surface area contributed by atoms with Gasteiger partial charge in [0, 0.05) is 26.1 Å². The molecule has 0 spiro atoms. The van der Waals surface area contributed by atoms with Gasteiger partial charge in [0.15, 0.2) is 0 Å². The number of hydrogen-bond acceptors (Lipinski definition) is 4. The molecular weight excluding hydrogens is 290 g/mol. The van der Waals surface area contributed by atoms with Crippen LogP contribution in [0, 0.1) is 0 Å². The van der Waals surface area contributed by atoms with Crippen molar-refractivity contribution in [2.24, 2.45) is 0 Å². The molecule has 1 N–H and O–H groups in total. The first-order chi connectivity index (χ1) is 10.1. The Bertz CT molecular complexity index is 519. The molecular formula is C15H23NO4S. The average Bonchev–Trinajstić information content (AvgIpc) is 2.78. The molecule has 1 fully saturated rings. The highest BCUT2D eigenvalue weighted by atomic mass is 32.2. The van der Waals surface area contributed by atoms with Gasteiger partial charge in [0.25, 0.3) is 0 Å². The van der Waals surface area contributed by atoms with Crippen LogP contribution < -0.4 is 4.74 Å². The quantitative estimate of drug-likeness (QED) is 0.816. The number of benzene rings is 1. The lowest BCUT2D eigenvalue weighted by molar-refractivity contribution is 0.233. The zero-order valence-corrected chi connectivity index (χ0v) is 13.0. The Kier molecular flexibility index (Phi) is 6.02. The van der Waals surface area contributed by atoms with Crippen molar-refractivity contribution in [3.05, 3.63) is 24.3 Å². The lowest BCUT2D eigenvalue weighted by Gasteiger charge is -2.20. The van der Waals surface area contributed by atoms with Crippen LogP contribution in [0.2, 0.25) is 0 Å². The van der Waals surface area contributed by atoms with Gasteiger partial charge >= 0.3 is 0 Å². The largest absolute Gasteiger partial charge is 0.494 e. The summed E-state index contributed by atoms with van der Waals surface area (Å²) >= 11 is 0. The molecule has 1 aliphatic rings. The zero-order valence-electron chi connectivity index (χ0n) is 12.2. The summed E-state index contributed by atoms with van der Waals surface area (Å²) in [6.45, 7) is 1.73. The third kappa shape index (κ3) is 4.43. The molecule has 1 aliphatic heterocycles. The zero-order chi connectivity index (χ0) is 15.1. The van der Waals surface area contributed by atoms with E-state index in [1.807, 2.05) is 0 Å². The maximum absolute atomic E-state index is 12.6. The summed E-state index contributed by atoms with van der Waals surface area (Å²) in [5.74, 6) is 0.623. The Hall–Kier alpha value is -1.11. The lowest BCUT2D eigenvalue weighted by Crippen LogP contribution is -2.31. The van der Waals surface area contributed by atoms with E-state index in [0.717, 1.165) is 25.7 Å². The number of hydrogen-bond donors (Lipinski definition) is 1. The molecule has 0 amide bonds. The molecule has 1 aromatic carbocycles. The van der Waals surface area contributed by atoms with Gasteiger partial charge in [-0.3, -0.25) is 0 Å². The van der Waals surface area contributed by atoms with Crippen LogP contribution in [0.4, 0.5) is 0 Å². The summed E-state index contributed by atoms with van der Waals surface area (Å²) in [5, 5.41) is 8.70. The normalized spacial score (nSPS) is 17.4. The molecule has 0 atom stereocenters. The maximum Gasteiger partial charge on any atom is 0.243 e. The van der Waals surface area contributed by atoms with Crippen LogP contribution in [-0.4, -0.2) is 44.1 Å². The highest BCUT2D eigenvalue weighted by Crippen LogP contribution is 2.22. The van der Waals surface area contributed by atoms with Crippen molar-refractivity contribution in [1.29, 1.82) is 0 Å². The molecule has 0 unspecified atom stereocenters. The number of nitrogens with zero attached hydrogens (tertiary/aromatic N) is 1. The highest BCUT2D eigenvalue weighted by Gasteiger charge is 2.24. The standard InChI is InChI=1S/C15H23NO4S/c17-12-5-13-20-14-6-8-15(9-7-14)21(18,19)16-10-3-1-2-4-11-16/h6-9,17H,1-5,10-13H2. The van der Waals surface area contributed by atoms with Crippen LogP contribution in [0.1, 0.15) is 32.1 Å². The summed E-state index contributed by atoms with van der Waals surface area (Å²) in [5.41, 5.74) is 0. The van der Waals surface area contributed by atoms with E-state index in [-0.39, 0.29) is 6.61 Å². The smallest absolute Gasteiger partial charge is 0.243 e. The molecule has 0 aromatic heterocycles. The van der Waals surface area contributed by atoms with Crippen LogP contribution in [-0.2, 0) is 10.0 Å². The molecule has 1 aromatic rings. The van der Waals surface area contributed by atoms with E-state index >= 15 is 0 Å². The Labute approximate surface area is 126 Å². The van der Waals surface area contributed by atoms with Gasteiger partial charge in [0.2, 0.25) is 10.0 Å². The Morgan fingerprint density at radius 1 is 1.05 bits per heavy atom. The van der Waals surface area contributed by atoms with Gasteiger partial charge < -0.3 is 9.84 Å². The van der Waals surface area contributed by atoms with Crippen LogP contribution in [0.15, 0.2) is 29.2 Å². The monoisotopic (exact) mass is 313 g/mol. The second kappa shape index (κ2) is 7.77. The van der Waals surface area contributed by atoms with Crippen LogP contribution >= 0.6 is 0 Å². The topological polar surface area (TPSA) is 66.8 Å². The second-order valence-corrected chi connectivity index (χ2v) is 7.15. The van der Waals surface area contributed by atoms with Crippen LogP contribution in [0.25, 0.3) is 0 Å². The average molecular weight is 313 g/mol. The summed E-state index contributed by atoms with van der Waals surface area (Å²) < 4.78 is 32.1. The van der Waals surface area contributed by atoms with Crippen molar-refractivity contribution < 1.29 is 18.3 Å². The highest BCUT2D eigenvalue weighted by molar-refractivity contribution is 7.89. The Balaban J connectivity index is 2.05. The van der Waals surface area contributed by atoms with Gasteiger partial charge in [-0.25, -0.2) is 8.42 Å². The Morgan fingerprint density at radius 3 is 2.24 bits per heavy atom. The minimum Gasteiger partial charge on any atom is -0.494 e. The molecule has 1 saturated heterocycles. The third-order valence-electron chi connectivity index (χ3n) is 3.60. The molecule has 0 aliphatic carbocycles. The van der Waals surface area contributed by atoms with Crippen molar-refractivity contribution >= 4 is 10.0 Å². The van der Waals surface area contributed by atoms with Gasteiger partial charge in [-0.05, 0) is 37.1 Å². The minimum absolute atomic E-state index is 0.0847. The molecule has 2 rings (SSSR count). The fourth-order valence-corrected chi connectivity index (χ4v) is 3.91. The van der Waals surface area contributed by atoms with Gasteiger partial charge in [-0.1, -0.05) is 12.8 Å². The van der Waals surface area contributed by atoms with Gasteiger partial charge in [-0.2, -0.15) is 4.31 Å². The van der Waals surface area contributed by atoms with Crippen molar-refractivity contribution in [1.82, 2.24) is 4.31 Å².